The number of carbonyl (C=O) groups excluding carboxylic acids is 1. The molecule has 1 amide bonds. The molecule has 0 spiro atoms. The molecule has 25 heavy (non-hydrogen) atoms. The molecule has 0 saturated carbocycles. The van der Waals surface area contributed by atoms with Crippen LogP contribution in [-0.2, 0) is 14.8 Å². The Labute approximate surface area is 152 Å². The van der Waals surface area contributed by atoms with Gasteiger partial charge in [0.2, 0.25) is 15.9 Å². The maximum Gasteiger partial charge on any atom is 0.240 e. The topological polar surface area (TPSA) is 84.5 Å². The van der Waals surface area contributed by atoms with Gasteiger partial charge in [-0.25, -0.2) is 13.1 Å². The molecular formula is C17H19ClN2O4S. The maximum absolute atomic E-state index is 12.1. The van der Waals surface area contributed by atoms with Crippen LogP contribution < -0.4 is 14.8 Å². The molecule has 2 aromatic rings. The third-order valence-electron chi connectivity index (χ3n) is 3.20. The molecule has 134 valence electrons. The van der Waals surface area contributed by atoms with Gasteiger partial charge < -0.3 is 10.1 Å². The maximum atomic E-state index is 12.1. The van der Waals surface area contributed by atoms with E-state index in [0.29, 0.717) is 17.3 Å². The number of rotatable bonds is 8. The quantitative estimate of drug-likeness (QED) is 0.734. The van der Waals surface area contributed by atoms with E-state index in [0.717, 1.165) is 5.75 Å². The van der Waals surface area contributed by atoms with Crippen LogP contribution in [0.15, 0.2) is 53.4 Å². The van der Waals surface area contributed by atoms with E-state index in [1.54, 1.807) is 36.4 Å². The molecule has 2 N–H and O–H groups in total. The van der Waals surface area contributed by atoms with E-state index in [9.17, 15) is 13.2 Å². The van der Waals surface area contributed by atoms with Crippen molar-refractivity contribution >= 4 is 33.2 Å². The minimum atomic E-state index is -3.69. The molecule has 8 heteroatoms. The number of sulfonamides is 1. The Morgan fingerprint density at radius 2 is 1.88 bits per heavy atom. The van der Waals surface area contributed by atoms with Crippen molar-refractivity contribution in [2.45, 2.75) is 18.2 Å². The zero-order valence-corrected chi connectivity index (χ0v) is 15.2. The SMILES string of the molecule is CCOc1ccc(NC(=O)CCNS(=O)(=O)c2cccc(Cl)c2)cc1. The predicted octanol–water partition coefficient (Wildman–Crippen LogP) is 3.05. The van der Waals surface area contributed by atoms with Gasteiger partial charge in [0.25, 0.3) is 0 Å². The van der Waals surface area contributed by atoms with E-state index in [1.807, 2.05) is 6.92 Å². The minimum Gasteiger partial charge on any atom is -0.494 e. The first-order valence-corrected chi connectivity index (χ1v) is 9.55. The van der Waals surface area contributed by atoms with Crippen LogP contribution >= 0.6 is 11.6 Å². The van der Waals surface area contributed by atoms with Crippen molar-refractivity contribution in [1.29, 1.82) is 0 Å². The second-order valence-corrected chi connectivity index (χ2v) is 7.31. The van der Waals surface area contributed by atoms with E-state index in [-0.39, 0.29) is 23.8 Å². The molecule has 0 atom stereocenters. The van der Waals surface area contributed by atoms with Gasteiger partial charge in [-0.3, -0.25) is 4.79 Å². The molecule has 0 radical (unpaired) electrons. The van der Waals surface area contributed by atoms with Crippen molar-refractivity contribution in [3.05, 3.63) is 53.6 Å². The third kappa shape index (κ3) is 6.04. The van der Waals surface area contributed by atoms with Gasteiger partial charge in [-0.05, 0) is 49.4 Å². The van der Waals surface area contributed by atoms with Gasteiger partial charge in [-0.1, -0.05) is 17.7 Å². The average molecular weight is 383 g/mol. The molecule has 0 heterocycles. The Balaban J connectivity index is 1.83. The van der Waals surface area contributed by atoms with Gasteiger partial charge in [0.1, 0.15) is 5.75 Å². The van der Waals surface area contributed by atoms with Crippen molar-refractivity contribution in [2.24, 2.45) is 0 Å². The zero-order chi connectivity index (χ0) is 18.3. The molecule has 0 aromatic heterocycles. The lowest BCUT2D eigenvalue weighted by molar-refractivity contribution is -0.116. The summed E-state index contributed by atoms with van der Waals surface area (Å²) < 4.78 is 31.9. The highest BCUT2D eigenvalue weighted by Crippen LogP contribution is 2.16. The first-order valence-electron chi connectivity index (χ1n) is 7.68. The molecule has 0 aliphatic heterocycles. The average Bonchev–Trinajstić information content (AvgIpc) is 2.57. The molecule has 2 aromatic carbocycles. The molecule has 2 rings (SSSR count). The van der Waals surface area contributed by atoms with E-state index in [2.05, 4.69) is 10.0 Å². The van der Waals surface area contributed by atoms with Crippen LogP contribution in [0.1, 0.15) is 13.3 Å². The summed E-state index contributed by atoms with van der Waals surface area (Å²) in [4.78, 5) is 12.0. The van der Waals surface area contributed by atoms with Crippen LogP contribution in [0.4, 0.5) is 5.69 Å². The number of nitrogens with one attached hydrogen (secondary N) is 2. The number of ether oxygens (including phenoxy) is 1. The highest BCUT2D eigenvalue weighted by Gasteiger charge is 2.14. The lowest BCUT2D eigenvalue weighted by Crippen LogP contribution is -2.27. The summed E-state index contributed by atoms with van der Waals surface area (Å²) in [6.07, 6.45) is 0.00695. The number of carbonyl (C=O) groups is 1. The number of halogens is 1. The van der Waals surface area contributed by atoms with Gasteiger partial charge in [-0.2, -0.15) is 0 Å². The standard InChI is InChI=1S/C17H19ClN2O4S/c1-2-24-15-8-6-14(7-9-15)20-17(21)10-11-19-25(22,23)16-5-3-4-13(18)12-16/h3-9,12,19H,2,10-11H2,1H3,(H,20,21). The van der Waals surface area contributed by atoms with Gasteiger partial charge in [0, 0.05) is 23.7 Å². The largest absolute Gasteiger partial charge is 0.494 e. The molecule has 6 nitrogen and oxygen atoms in total. The molecule has 0 aliphatic rings. The second kappa shape index (κ2) is 8.84. The summed E-state index contributed by atoms with van der Waals surface area (Å²) in [6.45, 7) is 2.44. The second-order valence-electron chi connectivity index (χ2n) is 5.11. The number of hydrogen-bond acceptors (Lipinski definition) is 4. The smallest absolute Gasteiger partial charge is 0.240 e. The fourth-order valence-corrected chi connectivity index (χ4v) is 3.37. The highest BCUT2D eigenvalue weighted by atomic mass is 35.5. The fourth-order valence-electron chi connectivity index (χ4n) is 2.04. The normalized spacial score (nSPS) is 11.1. The van der Waals surface area contributed by atoms with Crippen molar-refractivity contribution in [1.82, 2.24) is 4.72 Å². The van der Waals surface area contributed by atoms with Crippen molar-refractivity contribution < 1.29 is 17.9 Å². The van der Waals surface area contributed by atoms with Crippen LogP contribution in [-0.4, -0.2) is 27.5 Å². The van der Waals surface area contributed by atoms with E-state index >= 15 is 0 Å². The molecule has 0 unspecified atom stereocenters. The monoisotopic (exact) mass is 382 g/mol. The summed E-state index contributed by atoms with van der Waals surface area (Å²) in [7, 11) is -3.69. The number of hydrogen-bond donors (Lipinski definition) is 2. The minimum absolute atomic E-state index is 0.00695. The molecule has 0 bridgehead atoms. The van der Waals surface area contributed by atoms with Crippen LogP contribution in [0.2, 0.25) is 5.02 Å². The van der Waals surface area contributed by atoms with Gasteiger partial charge >= 0.3 is 0 Å². The summed E-state index contributed by atoms with van der Waals surface area (Å²) in [5.74, 6) is 0.424. The predicted molar refractivity (Wildman–Crippen MR) is 97.5 cm³/mol. The Kier molecular flexibility index (Phi) is 6.81. The molecule has 0 saturated heterocycles. The highest BCUT2D eigenvalue weighted by molar-refractivity contribution is 7.89. The summed E-state index contributed by atoms with van der Waals surface area (Å²) >= 11 is 5.79. The number of amides is 1. The Bertz CT molecular complexity index is 823. The van der Waals surface area contributed by atoms with E-state index in [1.165, 1.54) is 12.1 Å². The summed E-state index contributed by atoms with van der Waals surface area (Å²) in [5.41, 5.74) is 0.617. The van der Waals surface area contributed by atoms with Crippen LogP contribution in [0.3, 0.4) is 0 Å². The van der Waals surface area contributed by atoms with Gasteiger partial charge in [0.15, 0.2) is 0 Å². The Hall–Kier alpha value is -2.09. The lowest BCUT2D eigenvalue weighted by atomic mass is 10.3. The van der Waals surface area contributed by atoms with Crippen molar-refractivity contribution in [2.75, 3.05) is 18.5 Å². The Morgan fingerprint density at radius 1 is 1.16 bits per heavy atom. The number of benzene rings is 2. The van der Waals surface area contributed by atoms with Crippen LogP contribution in [0, 0.1) is 0 Å². The van der Waals surface area contributed by atoms with E-state index in [4.69, 9.17) is 16.3 Å². The van der Waals surface area contributed by atoms with Crippen molar-refractivity contribution in [3.8, 4) is 5.75 Å². The summed E-state index contributed by atoms with van der Waals surface area (Å²) in [5, 5.41) is 3.03. The first-order chi connectivity index (χ1) is 11.9. The lowest BCUT2D eigenvalue weighted by Gasteiger charge is -2.09. The Morgan fingerprint density at radius 3 is 2.52 bits per heavy atom. The van der Waals surface area contributed by atoms with Gasteiger partial charge in [-0.15, -0.1) is 0 Å². The van der Waals surface area contributed by atoms with Gasteiger partial charge in [0.05, 0.1) is 11.5 Å². The number of anilines is 1. The summed E-state index contributed by atoms with van der Waals surface area (Å²) in [6, 6.07) is 12.9. The van der Waals surface area contributed by atoms with Crippen LogP contribution in [0.5, 0.6) is 5.75 Å². The third-order valence-corrected chi connectivity index (χ3v) is 4.89. The molecule has 0 aliphatic carbocycles. The first kappa shape index (κ1) is 19.2. The van der Waals surface area contributed by atoms with Crippen LogP contribution in [0.25, 0.3) is 0 Å². The van der Waals surface area contributed by atoms with Crippen molar-refractivity contribution in [3.63, 3.8) is 0 Å². The molecule has 0 fully saturated rings. The molecular weight excluding hydrogens is 364 g/mol. The fraction of sp³-hybridized carbons (Fsp3) is 0.235. The van der Waals surface area contributed by atoms with E-state index < -0.39 is 10.0 Å². The zero-order valence-electron chi connectivity index (χ0n) is 13.7.